The molecular formula is C9H13N3O3S. The molecule has 0 spiro atoms. The van der Waals surface area contributed by atoms with Crippen molar-refractivity contribution < 1.29 is 14.3 Å². The van der Waals surface area contributed by atoms with Crippen LogP contribution in [0.5, 0.6) is 0 Å². The SMILES string of the molecule is CCCN(CC(=O)OC)C(=O)c1cnns1. The zero-order chi connectivity index (χ0) is 12.0. The Morgan fingerprint density at radius 3 is 2.81 bits per heavy atom. The van der Waals surface area contributed by atoms with Crippen molar-refractivity contribution in [1.82, 2.24) is 14.5 Å². The lowest BCUT2D eigenvalue weighted by Crippen LogP contribution is -2.36. The van der Waals surface area contributed by atoms with Gasteiger partial charge in [0, 0.05) is 6.54 Å². The van der Waals surface area contributed by atoms with Gasteiger partial charge in [0.1, 0.15) is 11.4 Å². The van der Waals surface area contributed by atoms with Crippen LogP contribution in [0.25, 0.3) is 0 Å². The summed E-state index contributed by atoms with van der Waals surface area (Å²) in [6, 6.07) is 0. The molecule has 1 aromatic heterocycles. The van der Waals surface area contributed by atoms with Gasteiger partial charge in [0.2, 0.25) is 0 Å². The molecule has 1 aromatic rings. The maximum atomic E-state index is 11.9. The molecule has 16 heavy (non-hydrogen) atoms. The van der Waals surface area contributed by atoms with Crippen molar-refractivity contribution in [3.63, 3.8) is 0 Å². The molecule has 7 heteroatoms. The molecule has 6 nitrogen and oxygen atoms in total. The summed E-state index contributed by atoms with van der Waals surface area (Å²) in [5.74, 6) is -0.665. The van der Waals surface area contributed by atoms with Crippen LogP contribution in [0.1, 0.15) is 23.0 Å². The van der Waals surface area contributed by atoms with E-state index in [9.17, 15) is 9.59 Å². The Labute approximate surface area is 97.4 Å². The zero-order valence-corrected chi connectivity index (χ0v) is 9.99. The van der Waals surface area contributed by atoms with Gasteiger partial charge >= 0.3 is 5.97 Å². The number of amides is 1. The predicted octanol–water partition coefficient (Wildman–Crippen LogP) is 0.563. The number of carbonyl (C=O) groups excluding carboxylic acids is 2. The van der Waals surface area contributed by atoms with Gasteiger partial charge in [-0.2, -0.15) is 0 Å². The molecule has 0 aliphatic carbocycles. The normalized spacial score (nSPS) is 9.88. The van der Waals surface area contributed by atoms with Crippen LogP contribution in [0.3, 0.4) is 0 Å². The number of esters is 1. The molecule has 0 fully saturated rings. The summed E-state index contributed by atoms with van der Waals surface area (Å²) in [6.45, 7) is 2.40. The molecule has 0 aliphatic rings. The van der Waals surface area contributed by atoms with E-state index < -0.39 is 5.97 Å². The van der Waals surface area contributed by atoms with Gasteiger partial charge in [0.25, 0.3) is 5.91 Å². The van der Waals surface area contributed by atoms with Crippen LogP contribution >= 0.6 is 11.5 Å². The minimum atomic E-state index is -0.431. The van der Waals surface area contributed by atoms with E-state index in [1.165, 1.54) is 18.2 Å². The first kappa shape index (κ1) is 12.6. The van der Waals surface area contributed by atoms with E-state index >= 15 is 0 Å². The number of ether oxygens (including phenoxy) is 1. The van der Waals surface area contributed by atoms with E-state index in [4.69, 9.17) is 0 Å². The highest BCUT2D eigenvalue weighted by molar-refractivity contribution is 7.07. The Balaban J connectivity index is 2.69. The molecule has 0 saturated carbocycles. The van der Waals surface area contributed by atoms with E-state index in [1.54, 1.807) is 0 Å². The van der Waals surface area contributed by atoms with E-state index in [0.29, 0.717) is 11.4 Å². The first-order valence-electron chi connectivity index (χ1n) is 4.82. The molecule has 0 bridgehead atoms. The van der Waals surface area contributed by atoms with Crippen LogP contribution in [0.2, 0.25) is 0 Å². The number of nitrogens with zero attached hydrogens (tertiary/aromatic N) is 3. The van der Waals surface area contributed by atoms with Crippen LogP contribution in [0.15, 0.2) is 6.20 Å². The molecule has 0 aromatic carbocycles. The number of rotatable bonds is 5. The van der Waals surface area contributed by atoms with Crippen LogP contribution in [0, 0.1) is 0 Å². The largest absolute Gasteiger partial charge is 0.468 e. The minimum Gasteiger partial charge on any atom is -0.468 e. The summed E-state index contributed by atoms with van der Waals surface area (Å²) in [5.41, 5.74) is 0. The molecule has 1 amide bonds. The predicted molar refractivity (Wildman–Crippen MR) is 58.1 cm³/mol. The smallest absolute Gasteiger partial charge is 0.325 e. The molecule has 0 unspecified atom stereocenters. The van der Waals surface area contributed by atoms with Crippen LogP contribution < -0.4 is 0 Å². The average molecular weight is 243 g/mol. The van der Waals surface area contributed by atoms with E-state index in [1.807, 2.05) is 6.92 Å². The highest BCUT2D eigenvalue weighted by Crippen LogP contribution is 2.08. The topological polar surface area (TPSA) is 72.4 Å². The lowest BCUT2D eigenvalue weighted by Gasteiger charge is -2.19. The molecule has 0 atom stereocenters. The number of hydrogen-bond acceptors (Lipinski definition) is 6. The summed E-state index contributed by atoms with van der Waals surface area (Å²) in [6.07, 6.45) is 2.17. The van der Waals surface area contributed by atoms with Crippen molar-refractivity contribution in [3.8, 4) is 0 Å². The van der Waals surface area contributed by atoms with E-state index in [-0.39, 0.29) is 12.5 Å². The maximum absolute atomic E-state index is 11.9. The third-order valence-corrected chi connectivity index (χ3v) is 2.55. The Morgan fingerprint density at radius 1 is 1.56 bits per heavy atom. The second kappa shape index (κ2) is 6.16. The second-order valence-electron chi connectivity index (χ2n) is 3.08. The van der Waals surface area contributed by atoms with Crippen LogP contribution in [-0.2, 0) is 9.53 Å². The van der Waals surface area contributed by atoms with Gasteiger partial charge in [-0.25, -0.2) is 0 Å². The van der Waals surface area contributed by atoms with Crippen molar-refractivity contribution in [1.29, 1.82) is 0 Å². The molecule has 88 valence electrons. The molecule has 1 rings (SSSR count). The van der Waals surface area contributed by atoms with E-state index in [2.05, 4.69) is 14.3 Å². The number of carbonyl (C=O) groups is 2. The highest BCUT2D eigenvalue weighted by atomic mass is 32.1. The minimum absolute atomic E-state index is 0.0406. The Morgan fingerprint density at radius 2 is 2.31 bits per heavy atom. The van der Waals surface area contributed by atoms with Crippen LogP contribution in [0.4, 0.5) is 0 Å². The lowest BCUT2D eigenvalue weighted by molar-refractivity contribution is -0.141. The molecule has 0 radical (unpaired) electrons. The Hall–Kier alpha value is -1.50. The average Bonchev–Trinajstić information content (AvgIpc) is 2.80. The van der Waals surface area contributed by atoms with Crippen molar-refractivity contribution in [2.75, 3.05) is 20.2 Å². The van der Waals surface area contributed by atoms with Gasteiger partial charge in [-0.15, -0.1) is 5.10 Å². The summed E-state index contributed by atoms with van der Waals surface area (Å²) >= 11 is 1.02. The first-order valence-corrected chi connectivity index (χ1v) is 5.59. The van der Waals surface area contributed by atoms with Crippen molar-refractivity contribution >= 4 is 23.4 Å². The number of hydrogen-bond donors (Lipinski definition) is 0. The van der Waals surface area contributed by atoms with Gasteiger partial charge in [-0.1, -0.05) is 11.4 Å². The number of aromatic nitrogens is 2. The lowest BCUT2D eigenvalue weighted by atomic mass is 10.3. The molecule has 1 heterocycles. The molecule has 0 N–H and O–H groups in total. The highest BCUT2D eigenvalue weighted by Gasteiger charge is 2.19. The fraction of sp³-hybridized carbons (Fsp3) is 0.556. The summed E-state index contributed by atoms with van der Waals surface area (Å²) < 4.78 is 8.15. The second-order valence-corrected chi connectivity index (χ2v) is 3.87. The first-order chi connectivity index (χ1) is 7.69. The van der Waals surface area contributed by atoms with E-state index in [0.717, 1.165) is 18.0 Å². The molecule has 0 aliphatic heterocycles. The quantitative estimate of drug-likeness (QED) is 0.707. The van der Waals surface area contributed by atoms with Gasteiger partial charge in [-0.3, -0.25) is 9.59 Å². The summed E-state index contributed by atoms with van der Waals surface area (Å²) in [4.78, 5) is 24.9. The van der Waals surface area contributed by atoms with Gasteiger partial charge < -0.3 is 9.64 Å². The maximum Gasteiger partial charge on any atom is 0.325 e. The standard InChI is InChI=1S/C9H13N3O3S/c1-3-4-12(6-8(13)15-2)9(14)7-5-10-11-16-7/h5H,3-4,6H2,1-2H3. The molecule has 0 saturated heterocycles. The van der Waals surface area contributed by atoms with Crippen molar-refractivity contribution in [3.05, 3.63) is 11.1 Å². The third-order valence-electron chi connectivity index (χ3n) is 1.90. The Bertz CT molecular complexity index is 353. The Kier molecular flexibility index (Phi) is 4.84. The fourth-order valence-corrected chi connectivity index (χ4v) is 1.64. The van der Waals surface area contributed by atoms with Crippen molar-refractivity contribution in [2.24, 2.45) is 0 Å². The monoisotopic (exact) mass is 243 g/mol. The summed E-state index contributed by atoms with van der Waals surface area (Å²) in [5, 5.41) is 3.59. The van der Waals surface area contributed by atoms with Gasteiger partial charge in [0.15, 0.2) is 0 Å². The fourth-order valence-electron chi connectivity index (χ4n) is 1.16. The number of methoxy groups -OCH3 is 1. The third kappa shape index (κ3) is 3.27. The summed E-state index contributed by atoms with van der Waals surface area (Å²) in [7, 11) is 1.30. The van der Waals surface area contributed by atoms with Gasteiger partial charge in [0.05, 0.1) is 13.3 Å². The van der Waals surface area contributed by atoms with Crippen molar-refractivity contribution in [2.45, 2.75) is 13.3 Å². The zero-order valence-electron chi connectivity index (χ0n) is 9.17. The van der Waals surface area contributed by atoms with Gasteiger partial charge in [-0.05, 0) is 18.0 Å². The van der Waals surface area contributed by atoms with Crippen LogP contribution in [-0.4, -0.2) is 46.6 Å². The molecular weight excluding hydrogens is 230 g/mol.